The van der Waals surface area contributed by atoms with Gasteiger partial charge in [-0.1, -0.05) is 12.1 Å². The van der Waals surface area contributed by atoms with Crippen molar-refractivity contribution in [1.82, 2.24) is 9.97 Å². The minimum Gasteiger partial charge on any atom is -0.466 e. The smallest absolute Gasteiger partial charge is 0.466 e. The Morgan fingerprint density at radius 2 is 1.77 bits per heavy atom. The molecule has 0 atom stereocenters. The first-order chi connectivity index (χ1) is 18.9. The number of carbonyl (C=O) groups is 2. The number of anilines is 2. The van der Waals surface area contributed by atoms with Crippen molar-refractivity contribution >= 4 is 23.4 Å². The van der Waals surface area contributed by atoms with E-state index < -0.39 is 47.1 Å². The van der Waals surface area contributed by atoms with Crippen molar-refractivity contribution in [3.05, 3.63) is 54.0 Å². The molecule has 3 heterocycles. The summed E-state index contributed by atoms with van der Waals surface area (Å²) in [5, 5.41) is 2.24. The number of amides is 1. The Labute approximate surface area is 223 Å². The number of esters is 1. The van der Waals surface area contributed by atoms with Crippen molar-refractivity contribution in [2.45, 2.75) is 32.3 Å². The fourth-order valence-corrected chi connectivity index (χ4v) is 4.08. The van der Waals surface area contributed by atoms with E-state index in [4.69, 9.17) is 9.15 Å². The molecule has 1 aliphatic heterocycles. The van der Waals surface area contributed by atoms with Crippen LogP contribution in [0.3, 0.4) is 0 Å². The average molecular weight is 572 g/mol. The van der Waals surface area contributed by atoms with Gasteiger partial charge in [-0.2, -0.15) is 13.2 Å². The number of carbonyl (C=O) groups excluding carboxylic acids is 2. The second kappa shape index (κ2) is 11.4. The van der Waals surface area contributed by atoms with Gasteiger partial charge in [-0.25, -0.2) is 9.97 Å². The highest BCUT2D eigenvalue weighted by Crippen LogP contribution is 2.39. The van der Waals surface area contributed by atoms with Crippen LogP contribution in [0.5, 0.6) is 5.75 Å². The van der Waals surface area contributed by atoms with Gasteiger partial charge in [0.1, 0.15) is 11.6 Å². The number of nitrogens with one attached hydrogen (secondary N) is 1. The molecule has 40 heavy (non-hydrogen) atoms. The summed E-state index contributed by atoms with van der Waals surface area (Å²) in [6, 6.07) is 7.25. The van der Waals surface area contributed by atoms with Gasteiger partial charge < -0.3 is 24.1 Å². The van der Waals surface area contributed by atoms with Crippen molar-refractivity contribution in [2.75, 3.05) is 29.9 Å². The summed E-state index contributed by atoms with van der Waals surface area (Å²) in [7, 11) is 0. The summed E-state index contributed by atoms with van der Waals surface area (Å²) in [5.41, 5.74) is -1.69. The number of oxazole rings is 1. The second-order valence-electron chi connectivity index (χ2n) is 8.61. The van der Waals surface area contributed by atoms with Crippen molar-refractivity contribution in [2.24, 2.45) is 5.92 Å². The molecule has 0 radical (unpaired) electrons. The van der Waals surface area contributed by atoms with Crippen molar-refractivity contribution in [3.8, 4) is 17.2 Å². The summed E-state index contributed by atoms with van der Waals surface area (Å²) < 4.78 is 92.9. The van der Waals surface area contributed by atoms with E-state index in [9.17, 15) is 35.9 Å². The third-order valence-electron chi connectivity index (χ3n) is 5.89. The van der Waals surface area contributed by atoms with Crippen LogP contribution in [0.4, 0.5) is 37.8 Å². The zero-order valence-electron chi connectivity index (χ0n) is 20.8. The van der Waals surface area contributed by atoms with Gasteiger partial charge in [-0.15, -0.1) is 13.2 Å². The molecule has 1 fully saturated rings. The summed E-state index contributed by atoms with van der Waals surface area (Å²) in [6.07, 6.45) is -7.97. The average Bonchev–Trinajstić information content (AvgIpc) is 3.35. The number of hydrogen-bond acceptors (Lipinski definition) is 8. The van der Waals surface area contributed by atoms with Crippen molar-refractivity contribution < 1.29 is 49.8 Å². The quantitative estimate of drug-likeness (QED) is 0.285. The minimum atomic E-state index is -5.18. The molecular formula is C25H22F6N4O5. The number of benzene rings is 1. The zero-order valence-corrected chi connectivity index (χ0v) is 20.8. The maximum Gasteiger partial charge on any atom is 0.573 e. The molecule has 15 heteroatoms. The molecule has 1 aromatic carbocycles. The highest BCUT2D eigenvalue weighted by Gasteiger charge is 2.42. The molecule has 9 nitrogen and oxygen atoms in total. The first-order valence-electron chi connectivity index (χ1n) is 12.0. The molecule has 0 bridgehead atoms. The number of rotatable bonds is 7. The number of pyridine rings is 1. The molecule has 1 amide bonds. The summed E-state index contributed by atoms with van der Waals surface area (Å²) in [4.78, 5) is 34.4. The predicted octanol–water partition coefficient (Wildman–Crippen LogP) is 5.69. The van der Waals surface area contributed by atoms with Crippen LogP contribution in [0.25, 0.3) is 11.5 Å². The van der Waals surface area contributed by atoms with Gasteiger partial charge >= 0.3 is 18.5 Å². The molecule has 1 saturated heterocycles. The second-order valence-corrected chi connectivity index (χ2v) is 8.61. The van der Waals surface area contributed by atoms with Gasteiger partial charge in [0.2, 0.25) is 11.7 Å². The first-order valence-corrected chi connectivity index (χ1v) is 12.0. The summed E-state index contributed by atoms with van der Waals surface area (Å²) in [6.45, 7) is 3.08. The van der Waals surface area contributed by atoms with Gasteiger partial charge in [0.05, 0.1) is 30.0 Å². The Balaban J connectivity index is 1.50. The topological polar surface area (TPSA) is 107 Å². The van der Waals surface area contributed by atoms with Crippen LogP contribution in [0.15, 0.2) is 47.0 Å². The van der Waals surface area contributed by atoms with Crippen LogP contribution < -0.4 is 15.0 Å². The normalized spacial score (nSPS) is 14.6. The van der Waals surface area contributed by atoms with Gasteiger partial charge in [0.25, 0.3) is 5.91 Å². The molecule has 0 saturated carbocycles. The van der Waals surface area contributed by atoms with E-state index >= 15 is 0 Å². The number of para-hydroxylation sites is 1. The third kappa shape index (κ3) is 6.82. The van der Waals surface area contributed by atoms with Crippen LogP contribution in [0.2, 0.25) is 0 Å². The predicted molar refractivity (Wildman–Crippen MR) is 127 cm³/mol. The van der Waals surface area contributed by atoms with Gasteiger partial charge in [-0.3, -0.25) is 9.59 Å². The lowest BCUT2D eigenvalue weighted by Crippen LogP contribution is -2.37. The Bertz CT molecular complexity index is 1350. The van der Waals surface area contributed by atoms with E-state index in [0.29, 0.717) is 38.4 Å². The molecule has 214 valence electrons. The molecule has 0 aliphatic carbocycles. The van der Waals surface area contributed by atoms with Gasteiger partial charge in [0, 0.05) is 13.1 Å². The Morgan fingerprint density at radius 1 is 1.07 bits per heavy atom. The standard InChI is InChI=1S/C25H22F6N4O5/c1-2-38-23(37)14-9-11-35(12-10-14)18-8-7-15(13-32-18)33-21(36)19-20(24(26,27)28)39-22(34-19)16-5-3-4-6-17(16)40-25(29,30)31/h3-8,13-14H,2,9-12H2,1H3,(H,33,36). The number of ether oxygens (including phenoxy) is 2. The van der Waals surface area contributed by atoms with E-state index in [1.165, 1.54) is 24.4 Å². The number of hydrogen-bond donors (Lipinski definition) is 1. The van der Waals surface area contributed by atoms with Crippen LogP contribution >= 0.6 is 0 Å². The molecule has 0 unspecified atom stereocenters. The van der Waals surface area contributed by atoms with Crippen LogP contribution in [0, 0.1) is 5.92 Å². The molecule has 4 rings (SSSR count). The fourth-order valence-electron chi connectivity index (χ4n) is 4.08. The fraction of sp³-hybridized carbons (Fsp3) is 0.360. The van der Waals surface area contributed by atoms with Crippen molar-refractivity contribution in [3.63, 3.8) is 0 Å². The molecule has 1 N–H and O–H groups in total. The third-order valence-corrected chi connectivity index (χ3v) is 5.89. The number of halogens is 6. The molecule has 2 aromatic heterocycles. The first kappa shape index (κ1) is 28.7. The highest BCUT2D eigenvalue weighted by molar-refractivity contribution is 6.04. The highest BCUT2D eigenvalue weighted by atomic mass is 19.4. The molecule has 3 aromatic rings. The lowest BCUT2D eigenvalue weighted by molar-refractivity contribution is -0.274. The van der Waals surface area contributed by atoms with Gasteiger partial charge in [0.15, 0.2) is 5.69 Å². The molecule has 0 spiro atoms. The monoisotopic (exact) mass is 572 g/mol. The minimum absolute atomic E-state index is 0.0358. The van der Waals surface area contributed by atoms with E-state index in [-0.39, 0.29) is 17.6 Å². The number of alkyl halides is 6. The van der Waals surface area contributed by atoms with E-state index in [2.05, 4.69) is 20.0 Å². The molecule has 1 aliphatic rings. The van der Waals surface area contributed by atoms with Crippen molar-refractivity contribution in [1.29, 1.82) is 0 Å². The lowest BCUT2D eigenvalue weighted by Gasteiger charge is -2.31. The van der Waals surface area contributed by atoms with E-state index in [1.54, 1.807) is 13.0 Å². The van der Waals surface area contributed by atoms with E-state index in [1.807, 2.05) is 4.90 Å². The maximum absolute atomic E-state index is 13.7. The maximum atomic E-state index is 13.7. The number of aromatic nitrogens is 2. The zero-order chi connectivity index (χ0) is 29.1. The largest absolute Gasteiger partial charge is 0.573 e. The summed E-state index contributed by atoms with van der Waals surface area (Å²) in [5.74, 6) is -4.80. The molecular weight excluding hydrogens is 550 g/mol. The Morgan fingerprint density at radius 3 is 2.38 bits per heavy atom. The van der Waals surface area contributed by atoms with Crippen LogP contribution in [0.1, 0.15) is 36.0 Å². The number of piperidine rings is 1. The number of nitrogens with zero attached hydrogens (tertiary/aromatic N) is 3. The Hall–Kier alpha value is -4.30. The van der Waals surface area contributed by atoms with Crippen LogP contribution in [-0.2, 0) is 15.7 Å². The Kier molecular flexibility index (Phi) is 8.21. The SMILES string of the molecule is CCOC(=O)C1CCN(c2ccc(NC(=O)c3nc(-c4ccccc4OC(F)(F)F)oc3C(F)(F)F)cn2)CC1. The summed E-state index contributed by atoms with van der Waals surface area (Å²) >= 11 is 0. The lowest BCUT2D eigenvalue weighted by atomic mass is 9.97. The van der Waals surface area contributed by atoms with E-state index in [0.717, 1.165) is 12.1 Å². The van der Waals surface area contributed by atoms with Crippen LogP contribution in [-0.4, -0.2) is 47.9 Å². The van der Waals surface area contributed by atoms with Gasteiger partial charge in [-0.05, 0) is 44.0 Å².